The molecule has 0 rings (SSSR count). The molecule has 0 amide bonds. The predicted molar refractivity (Wildman–Crippen MR) is 233 cm³/mol. The van der Waals surface area contributed by atoms with Crippen molar-refractivity contribution in [3.8, 4) is 0 Å². The molecule has 0 aliphatic carbocycles. The summed E-state index contributed by atoms with van der Waals surface area (Å²) in [6.45, 7) is 6.37. The zero-order chi connectivity index (χ0) is 40.1. The Kier molecular flexibility index (Phi) is 41.1. The van der Waals surface area contributed by atoms with Crippen LogP contribution in [0.5, 0.6) is 0 Å². The van der Waals surface area contributed by atoms with Crippen LogP contribution in [0.25, 0.3) is 0 Å². The molecule has 0 aromatic rings. The summed E-state index contributed by atoms with van der Waals surface area (Å²) in [6.07, 6.45) is 53.4. The van der Waals surface area contributed by atoms with Crippen LogP contribution in [-0.2, 0) is 28.6 Å². The molecule has 0 N–H and O–H groups in total. The Balaban J connectivity index is 4.39. The van der Waals surface area contributed by atoms with Crippen LogP contribution in [0.1, 0.15) is 201 Å². The van der Waals surface area contributed by atoms with Gasteiger partial charge in [-0.25, -0.2) is 0 Å². The van der Waals surface area contributed by atoms with E-state index < -0.39 is 6.10 Å². The number of hydrogen-bond acceptors (Lipinski definition) is 6. The van der Waals surface area contributed by atoms with E-state index in [9.17, 15) is 14.4 Å². The highest BCUT2D eigenvalue weighted by Crippen LogP contribution is 2.14. The topological polar surface area (TPSA) is 78.9 Å². The minimum absolute atomic E-state index is 0.0979. The van der Waals surface area contributed by atoms with E-state index in [1.807, 2.05) is 12.2 Å². The van der Waals surface area contributed by atoms with Gasteiger partial charge in [0.1, 0.15) is 13.2 Å². The van der Waals surface area contributed by atoms with Crippen molar-refractivity contribution in [1.82, 2.24) is 0 Å². The van der Waals surface area contributed by atoms with Gasteiger partial charge in [-0.15, -0.1) is 0 Å². The van der Waals surface area contributed by atoms with Gasteiger partial charge in [0.25, 0.3) is 0 Å². The molecule has 6 nitrogen and oxygen atoms in total. The third kappa shape index (κ3) is 41.8. The molecule has 0 spiro atoms. The molecule has 0 aliphatic heterocycles. The Morgan fingerprint density at radius 1 is 0.382 bits per heavy atom. The summed E-state index contributed by atoms with van der Waals surface area (Å²) in [5, 5.41) is 0. The van der Waals surface area contributed by atoms with Crippen molar-refractivity contribution in [2.45, 2.75) is 207 Å². The molecule has 0 aromatic heterocycles. The molecule has 55 heavy (non-hydrogen) atoms. The van der Waals surface area contributed by atoms with E-state index in [-0.39, 0.29) is 37.5 Å². The molecule has 314 valence electrons. The van der Waals surface area contributed by atoms with Crippen molar-refractivity contribution in [3.63, 3.8) is 0 Å². The van der Waals surface area contributed by atoms with Gasteiger partial charge in [-0.1, -0.05) is 196 Å². The van der Waals surface area contributed by atoms with Crippen LogP contribution < -0.4 is 0 Å². The van der Waals surface area contributed by atoms with E-state index in [1.165, 1.54) is 77.0 Å². The number of esters is 3. The van der Waals surface area contributed by atoms with Crippen molar-refractivity contribution in [2.24, 2.45) is 0 Å². The molecule has 0 fully saturated rings. The molecule has 0 bridgehead atoms. The summed E-state index contributed by atoms with van der Waals surface area (Å²) in [5.74, 6) is -1.00. The normalized spacial score (nSPS) is 12.7. The minimum Gasteiger partial charge on any atom is -0.462 e. The van der Waals surface area contributed by atoms with Gasteiger partial charge in [0.15, 0.2) is 6.10 Å². The lowest BCUT2D eigenvalue weighted by atomic mass is 10.0. The highest BCUT2D eigenvalue weighted by atomic mass is 16.6. The average Bonchev–Trinajstić information content (AvgIpc) is 3.18. The Hall–Kier alpha value is -3.15. The molecule has 1 unspecified atom stereocenters. The van der Waals surface area contributed by atoms with Crippen LogP contribution in [0.4, 0.5) is 0 Å². The summed E-state index contributed by atoms with van der Waals surface area (Å²) in [6, 6.07) is 0. The molecule has 0 saturated heterocycles. The second-order valence-corrected chi connectivity index (χ2v) is 14.6. The van der Waals surface area contributed by atoms with Crippen LogP contribution in [-0.4, -0.2) is 37.2 Å². The van der Waals surface area contributed by atoms with Gasteiger partial charge in [0.2, 0.25) is 0 Å². The molecular formula is C49H82O6. The Labute approximate surface area is 338 Å². The quantitative estimate of drug-likeness (QED) is 0.0268. The largest absolute Gasteiger partial charge is 0.462 e. The van der Waals surface area contributed by atoms with E-state index in [0.29, 0.717) is 19.3 Å². The predicted octanol–water partition coefficient (Wildman–Crippen LogP) is 14.3. The first-order valence-corrected chi connectivity index (χ1v) is 22.4. The number of carbonyl (C=O) groups excluding carboxylic acids is 3. The third-order valence-electron chi connectivity index (χ3n) is 9.24. The van der Waals surface area contributed by atoms with E-state index in [0.717, 1.165) is 77.0 Å². The Bertz CT molecular complexity index is 1070. The second-order valence-electron chi connectivity index (χ2n) is 14.6. The number of unbranched alkanes of at least 4 members (excludes halogenated alkanes) is 16. The van der Waals surface area contributed by atoms with Crippen LogP contribution >= 0.6 is 0 Å². The molecule has 1 atom stereocenters. The van der Waals surface area contributed by atoms with Crippen LogP contribution in [0.15, 0.2) is 72.9 Å². The van der Waals surface area contributed by atoms with Crippen LogP contribution in [0.3, 0.4) is 0 Å². The van der Waals surface area contributed by atoms with Gasteiger partial charge < -0.3 is 14.2 Å². The summed E-state index contributed by atoms with van der Waals surface area (Å²) in [4.78, 5) is 37.5. The molecule has 0 aliphatic rings. The van der Waals surface area contributed by atoms with Gasteiger partial charge in [0.05, 0.1) is 0 Å². The lowest BCUT2D eigenvalue weighted by Crippen LogP contribution is -2.30. The third-order valence-corrected chi connectivity index (χ3v) is 9.24. The smallest absolute Gasteiger partial charge is 0.306 e. The van der Waals surface area contributed by atoms with Crippen molar-refractivity contribution < 1.29 is 28.6 Å². The number of hydrogen-bond donors (Lipinski definition) is 0. The first kappa shape index (κ1) is 51.9. The molecule has 0 heterocycles. The second kappa shape index (κ2) is 43.6. The highest BCUT2D eigenvalue weighted by molar-refractivity contribution is 5.71. The fraction of sp³-hybridized carbons (Fsp3) is 0.694. The number of rotatable bonds is 39. The van der Waals surface area contributed by atoms with Gasteiger partial charge >= 0.3 is 17.9 Å². The SMILES string of the molecule is CC/C=C\C/C=C\C/C=C\C/C=C\C/C=C\C/C=C\CCC(=O)OCC(COC(=O)CCCCCCCC)OC(=O)CCCCCCCCCCCCCC. The summed E-state index contributed by atoms with van der Waals surface area (Å²) in [7, 11) is 0. The molecule has 0 saturated carbocycles. The fourth-order valence-corrected chi connectivity index (χ4v) is 5.88. The van der Waals surface area contributed by atoms with Crippen molar-refractivity contribution in [3.05, 3.63) is 72.9 Å². The fourth-order valence-electron chi connectivity index (χ4n) is 5.88. The first-order valence-electron chi connectivity index (χ1n) is 22.4. The number of ether oxygens (including phenoxy) is 3. The van der Waals surface area contributed by atoms with Gasteiger partial charge in [-0.3, -0.25) is 14.4 Å². The lowest BCUT2D eigenvalue weighted by Gasteiger charge is -2.18. The molecular weight excluding hydrogens is 685 g/mol. The highest BCUT2D eigenvalue weighted by Gasteiger charge is 2.19. The summed E-state index contributed by atoms with van der Waals surface area (Å²) < 4.78 is 16.5. The average molecular weight is 767 g/mol. The van der Waals surface area contributed by atoms with E-state index in [2.05, 4.69) is 81.5 Å². The molecule has 0 radical (unpaired) electrons. The summed E-state index contributed by atoms with van der Waals surface area (Å²) in [5.41, 5.74) is 0. The van der Waals surface area contributed by atoms with Crippen molar-refractivity contribution in [2.75, 3.05) is 13.2 Å². The zero-order valence-electron chi connectivity index (χ0n) is 35.7. The van der Waals surface area contributed by atoms with Gasteiger partial charge in [0, 0.05) is 19.3 Å². The standard InChI is InChI=1S/C49H82O6/c1-4-7-10-13-16-18-20-22-23-24-25-26-27-28-30-31-33-36-39-42-48(51)54-45-46(44-53-47(50)41-38-35-15-12-9-6-3)55-49(52)43-40-37-34-32-29-21-19-17-14-11-8-5-2/h7,10,16,18,22-23,25-26,28,30,33,36,46H,4-6,8-9,11-15,17,19-21,24,27,29,31-32,34-35,37-45H2,1-3H3/b10-7-,18-16-,23-22-,26-25-,30-28-,36-33-. The van der Waals surface area contributed by atoms with Crippen molar-refractivity contribution >= 4 is 17.9 Å². The number of allylic oxidation sites excluding steroid dienone is 12. The van der Waals surface area contributed by atoms with Gasteiger partial charge in [-0.05, 0) is 57.8 Å². The van der Waals surface area contributed by atoms with E-state index in [1.54, 1.807) is 0 Å². The zero-order valence-corrected chi connectivity index (χ0v) is 35.7. The maximum absolute atomic E-state index is 12.7. The van der Waals surface area contributed by atoms with E-state index in [4.69, 9.17) is 14.2 Å². The van der Waals surface area contributed by atoms with Crippen LogP contribution in [0, 0.1) is 0 Å². The Morgan fingerprint density at radius 2 is 0.709 bits per heavy atom. The summed E-state index contributed by atoms with van der Waals surface area (Å²) >= 11 is 0. The first-order chi connectivity index (χ1) is 27.0. The molecule has 0 aromatic carbocycles. The van der Waals surface area contributed by atoms with Crippen molar-refractivity contribution in [1.29, 1.82) is 0 Å². The monoisotopic (exact) mass is 767 g/mol. The van der Waals surface area contributed by atoms with Gasteiger partial charge in [-0.2, -0.15) is 0 Å². The Morgan fingerprint density at radius 3 is 1.11 bits per heavy atom. The maximum atomic E-state index is 12.7. The number of carbonyl (C=O) groups is 3. The minimum atomic E-state index is -0.798. The molecule has 6 heteroatoms. The van der Waals surface area contributed by atoms with Crippen LogP contribution in [0.2, 0.25) is 0 Å². The lowest BCUT2D eigenvalue weighted by molar-refractivity contribution is -0.166. The van der Waals surface area contributed by atoms with E-state index >= 15 is 0 Å². The maximum Gasteiger partial charge on any atom is 0.306 e.